The molecule has 0 N–H and O–H groups in total. The second-order valence-corrected chi connectivity index (χ2v) is 1.35. The Bertz CT molecular complexity index is 102. The second kappa shape index (κ2) is 1.33. The Hall–Kier alpha value is -0.860. The highest BCUT2D eigenvalue weighted by atomic mass is 16.8. The molecule has 1 aliphatic heterocycles. The number of carbonyl (C=O) groups is 2. The highest BCUT2D eigenvalue weighted by molar-refractivity contribution is 5.92. The maximum absolute atomic E-state index is 10.0. The lowest BCUT2D eigenvalue weighted by Gasteiger charge is -1.79. The van der Waals surface area contributed by atoms with Crippen LogP contribution >= 0.6 is 0 Å². The Balaban J connectivity index is 2.55. The molecule has 0 unspecified atom stereocenters. The Morgan fingerprint density at radius 3 is 2.57 bits per heavy atom. The molecular formula is C4H4O3. The lowest BCUT2D eigenvalue weighted by atomic mass is 10.5. The summed E-state index contributed by atoms with van der Waals surface area (Å²) in [4.78, 5) is 20.0. The van der Waals surface area contributed by atoms with Gasteiger partial charge < -0.3 is 4.74 Å². The normalized spacial score (nSPS) is 20.0. The molecule has 0 amide bonds. The second-order valence-electron chi connectivity index (χ2n) is 1.35. The molecule has 7 heavy (non-hydrogen) atoms. The number of esters is 2. The Morgan fingerprint density at radius 2 is 2.43 bits per heavy atom. The smallest absolute Gasteiger partial charge is 0.314 e. The zero-order valence-electron chi connectivity index (χ0n) is 3.64. The molecule has 1 heterocycles. The molecule has 0 aromatic rings. The molecule has 38 valence electrons. The van der Waals surface area contributed by atoms with Gasteiger partial charge in [0.25, 0.3) is 0 Å². The molecule has 0 spiro atoms. The zero-order chi connectivity index (χ0) is 5.28. The van der Waals surface area contributed by atoms with E-state index in [0.717, 1.165) is 0 Å². The SMILES string of the molecule is O=C1CC[14C](=O)O1. The van der Waals surface area contributed by atoms with Crippen LogP contribution in [-0.4, -0.2) is 11.9 Å². The summed E-state index contributed by atoms with van der Waals surface area (Å²) in [5.74, 6) is -0.796. The summed E-state index contributed by atoms with van der Waals surface area (Å²) in [5.41, 5.74) is 0. The third kappa shape index (κ3) is 0.765. The fourth-order valence-electron chi connectivity index (χ4n) is 0.433. The van der Waals surface area contributed by atoms with Gasteiger partial charge in [-0.2, -0.15) is 0 Å². The van der Waals surface area contributed by atoms with Crippen LogP contribution in [0.15, 0.2) is 0 Å². The largest absolute Gasteiger partial charge is 0.393 e. The Morgan fingerprint density at radius 1 is 1.71 bits per heavy atom. The van der Waals surface area contributed by atoms with E-state index in [1.165, 1.54) is 0 Å². The molecular weight excluding hydrogens is 98.0 g/mol. The summed E-state index contributed by atoms with van der Waals surface area (Å²) in [6, 6.07) is 0. The average molecular weight is 102 g/mol. The van der Waals surface area contributed by atoms with Gasteiger partial charge >= 0.3 is 11.9 Å². The third-order valence-corrected chi connectivity index (χ3v) is 0.761. The van der Waals surface area contributed by atoms with Crippen LogP contribution in [0.5, 0.6) is 0 Å². The predicted octanol–water partition coefficient (Wildman–Crippen LogP) is -0.150. The molecule has 0 aliphatic carbocycles. The molecule has 1 aliphatic rings. The van der Waals surface area contributed by atoms with Crippen LogP contribution in [0, 0.1) is 0 Å². The van der Waals surface area contributed by atoms with E-state index in [-0.39, 0.29) is 12.8 Å². The summed E-state index contributed by atoms with van der Waals surface area (Å²) in [6.45, 7) is 0. The van der Waals surface area contributed by atoms with E-state index in [9.17, 15) is 9.59 Å². The summed E-state index contributed by atoms with van der Waals surface area (Å²) >= 11 is 0. The molecule has 3 heteroatoms. The summed E-state index contributed by atoms with van der Waals surface area (Å²) in [5, 5.41) is 0. The number of cyclic esters (lactones) is 2. The van der Waals surface area contributed by atoms with Gasteiger partial charge in [0.2, 0.25) is 0 Å². The van der Waals surface area contributed by atoms with Gasteiger partial charge in [0.05, 0.1) is 12.8 Å². The van der Waals surface area contributed by atoms with Crippen LogP contribution < -0.4 is 0 Å². The fraction of sp³-hybridized carbons (Fsp3) is 0.500. The van der Waals surface area contributed by atoms with Gasteiger partial charge in [0.1, 0.15) is 0 Å². The van der Waals surface area contributed by atoms with Crippen LogP contribution in [0.3, 0.4) is 0 Å². The van der Waals surface area contributed by atoms with Crippen molar-refractivity contribution < 1.29 is 14.3 Å². The Labute approximate surface area is 40.3 Å². The highest BCUT2D eigenvalue weighted by Gasteiger charge is 2.19. The lowest BCUT2D eigenvalue weighted by Crippen LogP contribution is -1.94. The zero-order valence-corrected chi connectivity index (χ0v) is 3.64. The quantitative estimate of drug-likeness (QED) is 0.315. The topological polar surface area (TPSA) is 43.4 Å². The number of carbonyl (C=O) groups excluding carboxylic acids is 2. The first kappa shape index (κ1) is 4.30. The van der Waals surface area contributed by atoms with E-state index in [1.807, 2.05) is 0 Å². The first-order valence-electron chi connectivity index (χ1n) is 2.02. The van der Waals surface area contributed by atoms with Gasteiger partial charge in [0.15, 0.2) is 0 Å². The number of ether oxygens (including phenoxy) is 1. The Kier molecular flexibility index (Phi) is 0.817. The van der Waals surface area contributed by atoms with Crippen molar-refractivity contribution >= 4 is 11.9 Å². The van der Waals surface area contributed by atoms with E-state index in [4.69, 9.17) is 0 Å². The first-order chi connectivity index (χ1) is 3.29. The van der Waals surface area contributed by atoms with E-state index in [0.29, 0.717) is 0 Å². The maximum Gasteiger partial charge on any atom is 0.314 e. The van der Waals surface area contributed by atoms with E-state index < -0.39 is 11.9 Å². The van der Waals surface area contributed by atoms with Gasteiger partial charge in [0, 0.05) is 0 Å². The van der Waals surface area contributed by atoms with Crippen molar-refractivity contribution in [1.82, 2.24) is 0 Å². The van der Waals surface area contributed by atoms with Crippen LogP contribution in [0.1, 0.15) is 12.8 Å². The molecule has 1 rings (SSSR count). The molecule has 1 fully saturated rings. The van der Waals surface area contributed by atoms with Crippen molar-refractivity contribution in [1.29, 1.82) is 0 Å². The van der Waals surface area contributed by atoms with Crippen LogP contribution in [-0.2, 0) is 14.3 Å². The predicted molar refractivity (Wildman–Crippen MR) is 20.3 cm³/mol. The van der Waals surface area contributed by atoms with Crippen molar-refractivity contribution in [3.8, 4) is 0 Å². The van der Waals surface area contributed by atoms with Gasteiger partial charge in [-0.25, -0.2) is 0 Å². The fourth-order valence-corrected chi connectivity index (χ4v) is 0.433. The monoisotopic (exact) mass is 102 g/mol. The molecule has 0 aromatic carbocycles. The van der Waals surface area contributed by atoms with Gasteiger partial charge in [-0.3, -0.25) is 9.59 Å². The van der Waals surface area contributed by atoms with Crippen LogP contribution in [0.2, 0.25) is 0 Å². The van der Waals surface area contributed by atoms with Crippen molar-refractivity contribution in [2.24, 2.45) is 0 Å². The minimum Gasteiger partial charge on any atom is -0.393 e. The average Bonchev–Trinajstić information content (AvgIpc) is 1.87. The van der Waals surface area contributed by atoms with Crippen LogP contribution in [0.25, 0.3) is 0 Å². The molecule has 0 bridgehead atoms. The van der Waals surface area contributed by atoms with E-state index in [1.54, 1.807) is 0 Å². The summed E-state index contributed by atoms with van der Waals surface area (Å²) in [7, 11) is 0. The van der Waals surface area contributed by atoms with E-state index >= 15 is 0 Å². The molecule has 3 nitrogen and oxygen atoms in total. The van der Waals surface area contributed by atoms with Gasteiger partial charge in [-0.05, 0) is 0 Å². The lowest BCUT2D eigenvalue weighted by molar-refractivity contribution is -0.151. The molecule has 0 saturated carbocycles. The minimum atomic E-state index is -0.398. The first-order valence-corrected chi connectivity index (χ1v) is 2.02. The van der Waals surface area contributed by atoms with Crippen molar-refractivity contribution in [2.75, 3.05) is 0 Å². The number of hydrogen-bond donors (Lipinski definition) is 0. The molecule has 0 atom stereocenters. The number of hydrogen-bond acceptors (Lipinski definition) is 3. The molecule has 0 aromatic heterocycles. The minimum absolute atomic E-state index is 0.263. The highest BCUT2D eigenvalue weighted by Crippen LogP contribution is 2.03. The van der Waals surface area contributed by atoms with Gasteiger partial charge in [-0.15, -0.1) is 0 Å². The molecule has 0 radical (unpaired) electrons. The van der Waals surface area contributed by atoms with Gasteiger partial charge in [-0.1, -0.05) is 0 Å². The standard InChI is InChI=1S/C4H4O3/c5-3-1-2-4(6)7-3/h1-2H2/i3+2. The summed E-state index contributed by atoms with van der Waals surface area (Å²) < 4.78 is 4.08. The summed E-state index contributed by atoms with van der Waals surface area (Å²) in [6.07, 6.45) is 0.525. The van der Waals surface area contributed by atoms with E-state index in [2.05, 4.69) is 4.74 Å². The van der Waals surface area contributed by atoms with Crippen molar-refractivity contribution in [3.05, 3.63) is 0 Å². The van der Waals surface area contributed by atoms with Crippen LogP contribution in [0.4, 0.5) is 0 Å². The van der Waals surface area contributed by atoms with Crippen molar-refractivity contribution in [3.63, 3.8) is 0 Å². The third-order valence-electron chi connectivity index (χ3n) is 0.761. The number of rotatable bonds is 0. The van der Waals surface area contributed by atoms with Crippen molar-refractivity contribution in [2.45, 2.75) is 12.8 Å². The maximum atomic E-state index is 10.0. The molecule has 1 saturated heterocycles.